The largest absolute Gasteiger partial charge is 0.390 e. The van der Waals surface area contributed by atoms with E-state index >= 15 is 0 Å². The highest BCUT2D eigenvalue weighted by Crippen LogP contribution is 2.68. The summed E-state index contributed by atoms with van der Waals surface area (Å²) >= 11 is 0. The molecule has 4 aliphatic carbocycles. The summed E-state index contributed by atoms with van der Waals surface area (Å²) < 4.78 is 0. The van der Waals surface area contributed by atoms with Gasteiger partial charge in [0.05, 0.1) is 12.2 Å². The predicted molar refractivity (Wildman–Crippen MR) is 95.1 cm³/mol. The first-order valence-corrected chi connectivity index (χ1v) is 10.2. The second-order valence-corrected chi connectivity index (χ2v) is 10.0. The van der Waals surface area contributed by atoms with Crippen LogP contribution < -0.4 is 0 Å². The first-order chi connectivity index (χ1) is 12.1. The van der Waals surface area contributed by atoms with Gasteiger partial charge in [-0.1, -0.05) is 13.8 Å². The molecule has 9 atom stereocenters. The van der Waals surface area contributed by atoms with Gasteiger partial charge in [0, 0.05) is 18.3 Å². The van der Waals surface area contributed by atoms with E-state index in [1.165, 1.54) is 6.92 Å². The Balaban J connectivity index is 1.74. The number of Topliss-reactive ketones (excluding diaryl/α,β-unsaturated/α-hetero) is 2. The van der Waals surface area contributed by atoms with Crippen molar-refractivity contribution in [2.75, 3.05) is 0 Å². The second-order valence-electron chi connectivity index (χ2n) is 10.0. The van der Waals surface area contributed by atoms with Gasteiger partial charge < -0.3 is 15.3 Å². The SMILES string of the molecule is CC(=O)[C@@]1(O)CC[C@H]2[C@@H]3[C@H](O)[C@@H](O)[C@H]4CC(=O)CC[C@]4(C)[C@H]3CC[C@@]21C. The van der Waals surface area contributed by atoms with Gasteiger partial charge in [-0.3, -0.25) is 9.59 Å². The van der Waals surface area contributed by atoms with Crippen LogP contribution in [-0.4, -0.2) is 44.7 Å². The van der Waals surface area contributed by atoms with Gasteiger partial charge in [0.2, 0.25) is 0 Å². The topological polar surface area (TPSA) is 94.8 Å². The third kappa shape index (κ3) is 2.08. The zero-order valence-electron chi connectivity index (χ0n) is 16.1. The number of aliphatic hydroxyl groups is 3. The summed E-state index contributed by atoms with van der Waals surface area (Å²) in [6.07, 6.45) is 2.62. The maximum Gasteiger partial charge on any atom is 0.161 e. The quantitative estimate of drug-likeness (QED) is 0.660. The van der Waals surface area contributed by atoms with Gasteiger partial charge in [0.25, 0.3) is 0 Å². The molecule has 0 aromatic carbocycles. The number of carbonyl (C=O) groups excluding carboxylic acids is 2. The molecule has 3 N–H and O–H groups in total. The zero-order chi connectivity index (χ0) is 19.1. The van der Waals surface area contributed by atoms with Gasteiger partial charge in [-0.25, -0.2) is 0 Å². The Morgan fingerprint density at radius 3 is 2.31 bits per heavy atom. The van der Waals surface area contributed by atoms with Gasteiger partial charge in [-0.05, 0) is 68.1 Å². The second kappa shape index (κ2) is 5.62. The first-order valence-electron chi connectivity index (χ1n) is 10.2. The Hall–Kier alpha value is -0.780. The molecule has 0 amide bonds. The normalized spacial score (nSPS) is 56.5. The van der Waals surface area contributed by atoms with E-state index in [4.69, 9.17) is 0 Å². The number of hydrogen-bond acceptors (Lipinski definition) is 5. The summed E-state index contributed by atoms with van der Waals surface area (Å²) in [5.41, 5.74) is -2.03. The molecule has 0 saturated heterocycles. The van der Waals surface area contributed by atoms with Crippen molar-refractivity contribution in [1.29, 1.82) is 0 Å². The van der Waals surface area contributed by atoms with E-state index in [-0.39, 0.29) is 40.7 Å². The summed E-state index contributed by atoms with van der Waals surface area (Å²) in [5.74, 6) is -0.0468. The fraction of sp³-hybridized carbons (Fsp3) is 0.905. The molecule has 4 saturated carbocycles. The summed E-state index contributed by atoms with van der Waals surface area (Å²) in [4.78, 5) is 24.3. The Morgan fingerprint density at radius 2 is 1.65 bits per heavy atom. The van der Waals surface area contributed by atoms with Crippen LogP contribution in [0.3, 0.4) is 0 Å². The molecule has 4 rings (SSSR count). The van der Waals surface area contributed by atoms with Crippen molar-refractivity contribution in [2.24, 2.45) is 34.5 Å². The fourth-order valence-corrected chi connectivity index (χ4v) is 7.65. The van der Waals surface area contributed by atoms with Crippen LogP contribution in [0.4, 0.5) is 0 Å². The molecule has 146 valence electrons. The molecule has 4 fully saturated rings. The van der Waals surface area contributed by atoms with Crippen LogP contribution in [0.25, 0.3) is 0 Å². The molecule has 0 heterocycles. The van der Waals surface area contributed by atoms with Crippen LogP contribution in [0.2, 0.25) is 0 Å². The minimum Gasteiger partial charge on any atom is -0.390 e. The third-order valence-electron chi connectivity index (χ3n) is 9.31. The van der Waals surface area contributed by atoms with E-state index < -0.39 is 23.2 Å². The average Bonchev–Trinajstić information content (AvgIpc) is 2.87. The average molecular weight is 364 g/mol. The van der Waals surface area contributed by atoms with Crippen LogP contribution >= 0.6 is 0 Å². The van der Waals surface area contributed by atoms with Crippen molar-refractivity contribution in [1.82, 2.24) is 0 Å². The van der Waals surface area contributed by atoms with Gasteiger partial charge in [-0.15, -0.1) is 0 Å². The van der Waals surface area contributed by atoms with Gasteiger partial charge in [-0.2, -0.15) is 0 Å². The Kier molecular flexibility index (Phi) is 4.01. The van der Waals surface area contributed by atoms with Gasteiger partial charge in [0.1, 0.15) is 11.4 Å². The first kappa shape index (κ1) is 18.6. The monoisotopic (exact) mass is 364 g/mol. The van der Waals surface area contributed by atoms with Crippen LogP contribution in [-0.2, 0) is 9.59 Å². The Labute approximate surface area is 155 Å². The van der Waals surface area contributed by atoms with Crippen molar-refractivity contribution in [3.05, 3.63) is 0 Å². The lowest BCUT2D eigenvalue weighted by Crippen LogP contribution is -2.65. The molecule has 0 aliphatic heterocycles. The van der Waals surface area contributed by atoms with E-state index in [0.717, 1.165) is 19.3 Å². The smallest absolute Gasteiger partial charge is 0.161 e. The highest BCUT2D eigenvalue weighted by molar-refractivity contribution is 5.86. The van der Waals surface area contributed by atoms with E-state index in [2.05, 4.69) is 6.92 Å². The minimum absolute atomic E-state index is 0.0233. The lowest BCUT2D eigenvalue weighted by Gasteiger charge is -2.63. The maximum absolute atomic E-state index is 12.3. The standard InChI is InChI=1S/C21H32O5/c1-11(22)21(26)9-6-14-16-13(5-8-20(14,21)3)19(2)7-4-12(23)10-15(19)17(24)18(16)25/h13-18,24-26H,4-10H2,1-3H3/t13-,14-,15+,16+,17-,18-,19+,20-,21-/m0/s1. The van der Waals surface area contributed by atoms with E-state index in [9.17, 15) is 24.9 Å². The Bertz CT molecular complexity index is 646. The fourth-order valence-electron chi connectivity index (χ4n) is 7.65. The van der Waals surface area contributed by atoms with Gasteiger partial charge in [0.15, 0.2) is 5.78 Å². The van der Waals surface area contributed by atoms with Crippen molar-refractivity contribution in [2.45, 2.75) is 83.5 Å². The highest BCUT2D eigenvalue weighted by atomic mass is 16.3. The van der Waals surface area contributed by atoms with E-state index in [1.54, 1.807) is 0 Å². The van der Waals surface area contributed by atoms with Crippen LogP contribution in [0, 0.1) is 34.5 Å². The minimum atomic E-state index is -1.33. The molecular weight excluding hydrogens is 332 g/mol. The molecule has 0 bridgehead atoms. The zero-order valence-corrected chi connectivity index (χ0v) is 16.1. The van der Waals surface area contributed by atoms with E-state index in [0.29, 0.717) is 25.7 Å². The number of fused-ring (bicyclic) bond motifs is 5. The number of ketones is 2. The molecule has 0 radical (unpaired) electrons. The third-order valence-corrected chi connectivity index (χ3v) is 9.31. The summed E-state index contributed by atoms with van der Waals surface area (Å²) in [6.45, 7) is 5.65. The molecule has 5 heteroatoms. The molecule has 0 aromatic heterocycles. The summed E-state index contributed by atoms with van der Waals surface area (Å²) in [7, 11) is 0. The summed E-state index contributed by atoms with van der Waals surface area (Å²) in [5, 5.41) is 33.1. The van der Waals surface area contributed by atoms with Crippen molar-refractivity contribution >= 4 is 11.6 Å². The molecule has 0 unspecified atom stereocenters. The van der Waals surface area contributed by atoms with Crippen molar-refractivity contribution < 1.29 is 24.9 Å². The number of aliphatic hydroxyl groups excluding tert-OH is 2. The highest BCUT2D eigenvalue weighted by Gasteiger charge is 2.69. The molecule has 4 aliphatic rings. The molecular formula is C21H32O5. The number of carbonyl (C=O) groups is 2. The predicted octanol–water partition coefficient (Wildman–Crippen LogP) is 1.86. The molecule has 0 spiro atoms. The van der Waals surface area contributed by atoms with Crippen molar-refractivity contribution in [3.63, 3.8) is 0 Å². The Morgan fingerprint density at radius 1 is 1.00 bits per heavy atom. The number of rotatable bonds is 1. The van der Waals surface area contributed by atoms with Crippen LogP contribution in [0.15, 0.2) is 0 Å². The number of hydrogen-bond donors (Lipinski definition) is 3. The molecule has 26 heavy (non-hydrogen) atoms. The lowest BCUT2D eigenvalue weighted by molar-refractivity contribution is -0.222. The van der Waals surface area contributed by atoms with Crippen LogP contribution in [0.5, 0.6) is 0 Å². The summed E-state index contributed by atoms with van der Waals surface area (Å²) in [6, 6.07) is 0. The maximum atomic E-state index is 12.3. The van der Waals surface area contributed by atoms with Gasteiger partial charge >= 0.3 is 0 Å². The van der Waals surface area contributed by atoms with Crippen molar-refractivity contribution in [3.8, 4) is 0 Å². The van der Waals surface area contributed by atoms with E-state index in [1.807, 2.05) is 6.92 Å². The lowest BCUT2D eigenvalue weighted by atomic mass is 9.43. The van der Waals surface area contributed by atoms with Crippen LogP contribution in [0.1, 0.15) is 65.7 Å². The molecule has 0 aromatic rings. The molecule has 5 nitrogen and oxygen atoms in total.